The lowest BCUT2D eigenvalue weighted by Crippen LogP contribution is -2.28. The molecular formula is C24H40N4O2. The van der Waals surface area contributed by atoms with Crippen molar-refractivity contribution in [2.45, 2.75) is 78.1 Å². The summed E-state index contributed by atoms with van der Waals surface area (Å²) in [7, 11) is 0. The fourth-order valence-corrected chi connectivity index (χ4v) is 3.43. The smallest absolute Gasteiger partial charge is 0.249 e. The maximum atomic E-state index is 11.6. The molecule has 1 unspecified atom stereocenters. The van der Waals surface area contributed by atoms with Crippen molar-refractivity contribution in [3.8, 4) is 0 Å². The second kappa shape index (κ2) is 15.5. The Kier molecular flexibility index (Phi) is 13.2. The number of hydrogen-bond donors (Lipinski definition) is 3. The van der Waals surface area contributed by atoms with Crippen LogP contribution in [0, 0.1) is 11.8 Å². The van der Waals surface area contributed by atoms with Gasteiger partial charge in [0.1, 0.15) is 0 Å². The SMILES string of the molecule is CCC(C)CNC(=O)CCC1CCCCC1.NC(N)=NC(=O)CCc1ccccc1. The van der Waals surface area contributed by atoms with Gasteiger partial charge in [0.2, 0.25) is 11.8 Å². The van der Waals surface area contributed by atoms with E-state index in [1.165, 1.54) is 32.1 Å². The number of carbonyl (C=O) groups is 2. The number of guanidine groups is 1. The molecule has 2 rings (SSSR count). The van der Waals surface area contributed by atoms with E-state index in [1.807, 2.05) is 30.3 Å². The third-order valence-electron chi connectivity index (χ3n) is 5.57. The Labute approximate surface area is 181 Å². The number of nitrogens with zero attached hydrogens (tertiary/aromatic N) is 1. The molecule has 2 amide bonds. The molecule has 0 heterocycles. The molecule has 5 N–H and O–H groups in total. The van der Waals surface area contributed by atoms with Crippen LogP contribution in [0.1, 0.15) is 77.2 Å². The number of rotatable bonds is 9. The van der Waals surface area contributed by atoms with Crippen LogP contribution in [0.3, 0.4) is 0 Å². The van der Waals surface area contributed by atoms with E-state index in [0.29, 0.717) is 18.8 Å². The maximum Gasteiger partial charge on any atom is 0.249 e. The molecule has 168 valence electrons. The van der Waals surface area contributed by atoms with Crippen LogP contribution < -0.4 is 16.8 Å². The minimum atomic E-state index is -0.283. The molecule has 0 aromatic heterocycles. The van der Waals surface area contributed by atoms with Crippen LogP contribution in [0.25, 0.3) is 0 Å². The van der Waals surface area contributed by atoms with Gasteiger partial charge < -0.3 is 16.8 Å². The van der Waals surface area contributed by atoms with Gasteiger partial charge in [-0.05, 0) is 30.2 Å². The fraction of sp³-hybridized carbons (Fsp3) is 0.625. The van der Waals surface area contributed by atoms with Crippen molar-refractivity contribution >= 4 is 17.8 Å². The maximum absolute atomic E-state index is 11.6. The van der Waals surface area contributed by atoms with Gasteiger partial charge in [0.25, 0.3) is 0 Å². The molecule has 1 aromatic rings. The molecule has 1 atom stereocenters. The number of aryl methyl sites for hydroxylation is 1. The summed E-state index contributed by atoms with van der Waals surface area (Å²) in [6, 6.07) is 9.72. The minimum absolute atomic E-state index is 0.178. The predicted molar refractivity (Wildman–Crippen MR) is 124 cm³/mol. The molecule has 30 heavy (non-hydrogen) atoms. The summed E-state index contributed by atoms with van der Waals surface area (Å²) in [6.45, 7) is 5.19. The van der Waals surface area contributed by atoms with Crippen LogP contribution in [0.5, 0.6) is 0 Å². The molecule has 1 aliphatic rings. The molecular weight excluding hydrogens is 376 g/mol. The fourth-order valence-electron chi connectivity index (χ4n) is 3.43. The molecule has 0 spiro atoms. The summed E-state index contributed by atoms with van der Waals surface area (Å²) >= 11 is 0. The van der Waals surface area contributed by atoms with Gasteiger partial charge >= 0.3 is 0 Å². The Bertz CT molecular complexity index is 636. The van der Waals surface area contributed by atoms with Gasteiger partial charge in [-0.1, -0.05) is 82.7 Å². The van der Waals surface area contributed by atoms with Gasteiger partial charge in [-0.15, -0.1) is 0 Å². The van der Waals surface area contributed by atoms with E-state index in [2.05, 4.69) is 24.2 Å². The Morgan fingerprint density at radius 3 is 2.37 bits per heavy atom. The van der Waals surface area contributed by atoms with Gasteiger partial charge in [-0.3, -0.25) is 9.59 Å². The van der Waals surface area contributed by atoms with E-state index in [4.69, 9.17) is 11.5 Å². The minimum Gasteiger partial charge on any atom is -0.370 e. The second-order valence-electron chi connectivity index (χ2n) is 8.28. The lowest BCUT2D eigenvalue weighted by molar-refractivity contribution is -0.121. The van der Waals surface area contributed by atoms with Crippen molar-refractivity contribution in [3.05, 3.63) is 35.9 Å². The number of nitrogens with two attached hydrogens (primary N) is 2. The summed E-state index contributed by atoms with van der Waals surface area (Å²) in [5, 5.41) is 3.03. The zero-order valence-electron chi connectivity index (χ0n) is 18.7. The van der Waals surface area contributed by atoms with Crippen LogP contribution in [0.2, 0.25) is 0 Å². The molecule has 0 aliphatic heterocycles. The zero-order valence-corrected chi connectivity index (χ0v) is 18.7. The second-order valence-corrected chi connectivity index (χ2v) is 8.28. The van der Waals surface area contributed by atoms with Crippen LogP contribution in [0.4, 0.5) is 0 Å². The molecule has 1 aliphatic carbocycles. The zero-order chi connectivity index (χ0) is 22.2. The lowest BCUT2D eigenvalue weighted by Gasteiger charge is -2.21. The number of carbonyl (C=O) groups excluding carboxylic acids is 2. The lowest BCUT2D eigenvalue weighted by atomic mass is 9.86. The quantitative estimate of drug-likeness (QED) is 0.418. The Morgan fingerprint density at radius 2 is 1.77 bits per heavy atom. The Balaban J connectivity index is 0.000000303. The van der Waals surface area contributed by atoms with Crippen molar-refractivity contribution in [2.24, 2.45) is 28.3 Å². The monoisotopic (exact) mass is 416 g/mol. The molecule has 1 saturated carbocycles. The predicted octanol–water partition coefficient (Wildman–Crippen LogP) is 3.93. The number of benzene rings is 1. The number of hydrogen-bond acceptors (Lipinski definition) is 2. The Morgan fingerprint density at radius 1 is 1.10 bits per heavy atom. The summed E-state index contributed by atoms with van der Waals surface area (Å²) in [5.41, 5.74) is 11.2. The van der Waals surface area contributed by atoms with Crippen molar-refractivity contribution in [2.75, 3.05) is 6.54 Å². The third kappa shape index (κ3) is 13.0. The number of amides is 2. The van der Waals surface area contributed by atoms with E-state index in [1.54, 1.807) is 0 Å². The van der Waals surface area contributed by atoms with Gasteiger partial charge in [0, 0.05) is 19.4 Å². The van der Waals surface area contributed by atoms with Crippen LogP contribution in [0.15, 0.2) is 35.3 Å². The first-order chi connectivity index (χ1) is 14.4. The topological polar surface area (TPSA) is 111 Å². The van der Waals surface area contributed by atoms with Gasteiger partial charge in [0.15, 0.2) is 5.96 Å². The van der Waals surface area contributed by atoms with Crippen molar-refractivity contribution in [3.63, 3.8) is 0 Å². The molecule has 0 radical (unpaired) electrons. The van der Waals surface area contributed by atoms with Gasteiger partial charge in [-0.25, -0.2) is 0 Å². The van der Waals surface area contributed by atoms with Gasteiger partial charge in [-0.2, -0.15) is 4.99 Å². The molecule has 0 bridgehead atoms. The molecule has 6 nitrogen and oxygen atoms in total. The van der Waals surface area contributed by atoms with E-state index < -0.39 is 0 Å². The molecule has 0 saturated heterocycles. The molecule has 1 fully saturated rings. The van der Waals surface area contributed by atoms with E-state index in [9.17, 15) is 9.59 Å². The van der Waals surface area contributed by atoms with E-state index in [0.717, 1.165) is 37.3 Å². The highest BCUT2D eigenvalue weighted by molar-refractivity contribution is 5.91. The summed E-state index contributed by atoms with van der Waals surface area (Å²) < 4.78 is 0. The van der Waals surface area contributed by atoms with Crippen molar-refractivity contribution in [1.82, 2.24) is 5.32 Å². The largest absolute Gasteiger partial charge is 0.370 e. The van der Waals surface area contributed by atoms with E-state index >= 15 is 0 Å². The van der Waals surface area contributed by atoms with Crippen LogP contribution in [-0.2, 0) is 16.0 Å². The highest BCUT2D eigenvalue weighted by Crippen LogP contribution is 2.27. The Hall–Kier alpha value is -2.37. The normalized spacial score (nSPS) is 14.7. The summed E-state index contributed by atoms with van der Waals surface area (Å²) in [6.07, 6.45) is 10.8. The first-order valence-corrected chi connectivity index (χ1v) is 11.3. The summed E-state index contributed by atoms with van der Waals surface area (Å²) in [5.74, 6) is 1.23. The highest BCUT2D eigenvalue weighted by atomic mass is 16.2. The average Bonchev–Trinajstić information content (AvgIpc) is 2.76. The first-order valence-electron chi connectivity index (χ1n) is 11.3. The van der Waals surface area contributed by atoms with Crippen molar-refractivity contribution < 1.29 is 9.59 Å². The van der Waals surface area contributed by atoms with E-state index in [-0.39, 0.29) is 17.8 Å². The summed E-state index contributed by atoms with van der Waals surface area (Å²) in [4.78, 5) is 26.1. The van der Waals surface area contributed by atoms with Crippen LogP contribution in [-0.4, -0.2) is 24.3 Å². The number of nitrogens with one attached hydrogen (secondary N) is 1. The first kappa shape index (κ1) is 25.7. The molecule has 1 aromatic carbocycles. The highest BCUT2D eigenvalue weighted by Gasteiger charge is 2.14. The average molecular weight is 417 g/mol. The van der Waals surface area contributed by atoms with Crippen molar-refractivity contribution in [1.29, 1.82) is 0 Å². The van der Waals surface area contributed by atoms with Crippen LogP contribution >= 0.6 is 0 Å². The molecule has 6 heteroatoms. The number of aliphatic imine (C=N–C) groups is 1. The third-order valence-corrected chi connectivity index (χ3v) is 5.57. The van der Waals surface area contributed by atoms with Gasteiger partial charge in [0.05, 0.1) is 0 Å². The standard InChI is InChI=1S/C14H27NO.C10H13N3O/c1-3-12(2)11-15-14(16)10-9-13-7-5-4-6-8-13;11-10(12)13-9(14)7-6-8-4-2-1-3-5-8/h12-13H,3-11H2,1-2H3,(H,15,16);1-5H,6-7H2,(H4,11,12,13,14).